The summed E-state index contributed by atoms with van der Waals surface area (Å²) in [5, 5.41) is 3.82. The molecule has 0 aliphatic rings. The lowest BCUT2D eigenvalue weighted by molar-refractivity contribution is 0.100. The van der Waals surface area contributed by atoms with E-state index in [1.54, 1.807) is 6.07 Å². The molecule has 3 N–H and O–H groups in total. The van der Waals surface area contributed by atoms with E-state index in [0.717, 1.165) is 0 Å². The van der Waals surface area contributed by atoms with Crippen LogP contribution >= 0.6 is 0 Å². The molecule has 0 atom stereocenters. The monoisotopic (exact) mass is 221 g/mol. The van der Waals surface area contributed by atoms with E-state index in [1.165, 1.54) is 29.4 Å². The van der Waals surface area contributed by atoms with Gasteiger partial charge in [-0.15, -0.1) is 0 Å². The molecule has 0 aromatic carbocycles. The zero-order chi connectivity index (χ0) is 11.5. The van der Waals surface area contributed by atoms with Gasteiger partial charge in [0.2, 0.25) is 5.95 Å². The van der Waals surface area contributed by atoms with Gasteiger partial charge in [0.1, 0.15) is 0 Å². The minimum absolute atomic E-state index is 0.266. The van der Waals surface area contributed by atoms with E-state index in [2.05, 4.69) is 15.5 Å². The van der Waals surface area contributed by atoms with Crippen molar-refractivity contribution in [3.63, 3.8) is 0 Å². The van der Waals surface area contributed by atoms with Crippen LogP contribution in [0.4, 0.5) is 10.1 Å². The Labute approximate surface area is 89.9 Å². The highest BCUT2D eigenvalue weighted by atomic mass is 19.1. The van der Waals surface area contributed by atoms with Crippen LogP contribution in [0.1, 0.15) is 10.4 Å². The fraction of sp³-hybridized carbons (Fsp3) is 0. The SMILES string of the molecule is NC(=O)c1cnn(Nc2ccnc(F)c2)c1. The summed E-state index contributed by atoms with van der Waals surface area (Å²) in [6, 6.07) is 2.76. The Morgan fingerprint density at radius 2 is 2.38 bits per heavy atom. The number of hydrogen-bond donors (Lipinski definition) is 2. The molecular weight excluding hydrogens is 213 g/mol. The van der Waals surface area contributed by atoms with Gasteiger partial charge in [-0.2, -0.15) is 14.3 Å². The second-order valence-electron chi connectivity index (χ2n) is 3.02. The molecule has 2 rings (SSSR count). The molecule has 16 heavy (non-hydrogen) atoms. The molecule has 7 heteroatoms. The average molecular weight is 221 g/mol. The number of aromatic nitrogens is 3. The summed E-state index contributed by atoms with van der Waals surface area (Å²) in [6.45, 7) is 0. The van der Waals surface area contributed by atoms with Gasteiger partial charge in [-0.05, 0) is 6.07 Å². The summed E-state index contributed by atoms with van der Waals surface area (Å²) in [7, 11) is 0. The molecule has 82 valence electrons. The number of amides is 1. The number of pyridine rings is 1. The van der Waals surface area contributed by atoms with Gasteiger partial charge < -0.3 is 5.73 Å². The first-order valence-corrected chi connectivity index (χ1v) is 4.38. The van der Waals surface area contributed by atoms with E-state index in [1.807, 2.05) is 0 Å². The van der Waals surface area contributed by atoms with E-state index in [9.17, 15) is 9.18 Å². The lowest BCUT2D eigenvalue weighted by Gasteiger charge is -2.04. The number of anilines is 1. The van der Waals surface area contributed by atoms with Gasteiger partial charge in [0.25, 0.3) is 5.91 Å². The maximum atomic E-state index is 12.7. The number of nitrogens with one attached hydrogen (secondary N) is 1. The van der Waals surface area contributed by atoms with Crippen LogP contribution in [-0.4, -0.2) is 20.8 Å². The van der Waals surface area contributed by atoms with Gasteiger partial charge in [0.05, 0.1) is 23.6 Å². The van der Waals surface area contributed by atoms with Crippen LogP contribution in [-0.2, 0) is 0 Å². The lowest BCUT2D eigenvalue weighted by Crippen LogP contribution is -2.12. The summed E-state index contributed by atoms with van der Waals surface area (Å²) >= 11 is 0. The van der Waals surface area contributed by atoms with E-state index in [-0.39, 0.29) is 5.56 Å². The number of primary amides is 1. The Morgan fingerprint density at radius 1 is 1.56 bits per heavy atom. The number of rotatable bonds is 3. The summed E-state index contributed by atoms with van der Waals surface area (Å²) in [5.74, 6) is -1.18. The largest absolute Gasteiger partial charge is 0.365 e. The number of nitrogens with two attached hydrogens (primary N) is 1. The minimum Gasteiger partial charge on any atom is -0.365 e. The number of hydrogen-bond acceptors (Lipinski definition) is 4. The van der Waals surface area contributed by atoms with Crippen molar-refractivity contribution in [3.05, 3.63) is 42.2 Å². The third-order valence-electron chi connectivity index (χ3n) is 1.84. The van der Waals surface area contributed by atoms with E-state index in [0.29, 0.717) is 5.69 Å². The van der Waals surface area contributed by atoms with Crippen molar-refractivity contribution in [1.29, 1.82) is 0 Å². The van der Waals surface area contributed by atoms with Crippen molar-refractivity contribution in [2.24, 2.45) is 5.73 Å². The Kier molecular flexibility index (Phi) is 2.50. The molecule has 2 heterocycles. The lowest BCUT2D eigenvalue weighted by atomic mass is 10.4. The minimum atomic E-state index is -0.604. The Bertz CT molecular complexity index is 524. The first kappa shape index (κ1) is 10.1. The fourth-order valence-electron chi connectivity index (χ4n) is 1.12. The molecule has 2 aromatic rings. The Hall–Kier alpha value is -2.44. The van der Waals surface area contributed by atoms with Crippen molar-refractivity contribution >= 4 is 11.6 Å². The predicted octanol–water partition coefficient (Wildman–Crippen LogP) is 0.391. The van der Waals surface area contributed by atoms with Crippen LogP contribution in [0.2, 0.25) is 0 Å². The average Bonchev–Trinajstić information content (AvgIpc) is 2.66. The number of nitrogens with zero attached hydrogens (tertiary/aromatic N) is 3. The zero-order valence-corrected chi connectivity index (χ0v) is 8.09. The second-order valence-corrected chi connectivity index (χ2v) is 3.02. The molecule has 0 saturated carbocycles. The Balaban J connectivity index is 2.17. The molecule has 0 bridgehead atoms. The predicted molar refractivity (Wildman–Crippen MR) is 54.0 cm³/mol. The molecule has 1 amide bonds. The van der Waals surface area contributed by atoms with Crippen LogP contribution in [0.25, 0.3) is 0 Å². The van der Waals surface area contributed by atoms with Gasteiger partial charge in [0, 0.05) is 12.3 Å². The molecule has 0 spiro atoms. The summed E-state index contributed by atoms with van der Waals surface area (Å²) in [5.41, 5.74) is 8.52. The van der Waals surface area contributed by atoms with E-state index < -0.39 is 11.9 Å². The summed E-state index contributed by atoms with van der Waals surface area (Å²) in [4.78, 5) is 15.5. The van der Waals surface area contributed by atoms with Crippen molar-refractivity contribution in [2.45, 2.75) is 0 Å². The normalized spacial score (nSPS) is 10.1. The zero-order valence-electron chi connectivity index (χ0n) is 8.09. The van der Waals surface area contributed by atoms with Gasteiger partial charge in [-0.3, -0.25) is 10.2 Å². The fourth-order valence-corrected chi connectivity index (χ4v) is 1.12. The van der Waals surface area contributed by atoms with Gasteiger partial charge in [-0.1, -0.05) is 0 Å². The van der Waals surface area contributed by atoms with Crippen LogP contribution in [0.5, 0.6) is 0 Å². The van der Waals surface area contributed by atoms with Crippen molar-refractivity contribution in [2.75, 3.05) is 5.43 Å². The molecule has 0 saturated heterocycles. The van der Waals surface area contributed by atoms with Crippen LogP contribution in [0.15, 0.2) is 30.7 Å². The number of halogens is 1. The molecule has 6 nitrogen and oxygen atoms in total. The van der Waals surface area contributed by atoms with Crippen LogP contribution in [0.3, 0.4) is 0 Å². The molecule has 0 fully saturated rings. The Morgan fingerprint density at radius 3 is 3.00 bits per heavy atom. The standard InChI is InChI=1S/C9H8FN5O/c10-8-3-7(1-2-12-8)14-15-5-6(4-13-15)9(11)16/h1-5H,(H2,11,16)(H,12,14). The number of carbonyl (C=O) groups is 1. The van der Waals surface area contributed by atoms with Crippen molar-refractivity contribution < 1.29 is 9.18 Å². The van der Waals surface area contributed by atoms with Crippen LogP contribution in [0, 0.1) is 5.95 Å². The molecule has 0 radical (unpaired) electrons. The van der Waals surface area contributed by atoms with Gasteiger partial charge in [-0.25, -0.2) is 4.98 Å². The second kappa shape index (κ2) is 3.97. The molecular formula is C9H8FN5O. The third-order valence-corrected chi connectivity index (χ3v) is 1.84. The van der Waals surface area contributed by atoms with Crippen molar-refractivity contribution in [1.82, 2.24) is 14.9 Å². The maximum Gasteiger partial charge on any atom is 0.251 e. The van der Waals surface area contributed by atoms with Crippen LogP contribution < -0.4 is 11.2 Å². The topological polar surface area (TPSA) is 85.8 Å². The van der Waals surface area contributed by atoms with E-state index in [4.69, 9.17) is 5.73 Å². The maximum absolute atomic E-state index is 12.7. The highest BCUT2D eigenvalue weighted by Crippen LogP contribution is 2.07. The third kappa shape index (κ3) is 2.14. The highest BCUT2D eigenvalue weighted by Gasteiger charge is 2.04. The highest BCUT2D eigenvalue weighted by molar-refractivity contribution is 5.92. The number of carbonyl (C=O) groups excluding carboxylic acids is 1. The molecule has 0 aliphatic heterocycles. The molecule has 0 aliphatic carbocycles. The molecule has 2 aromatic heterocycles. The van der Waals surface area contributed by atoms with Crippen molar-refractivity contribution in [3.8, 4) is 0 Å². The first-order chi connectivity index (χ1) is 7.65. The smallest absolute Gasteiger partial charge is 0.251 e. The van der Waals surface area contributed by atoms with Gasteiger partial charge >= 0.3 is 0 Å². The quantitative estimate of drug-likeness (QED) is 0.734. The van der Waals surface area contributed by atoms with E-state index >= 15 is 0 Å². The summed E-state index contributed by atoms with van der Waals surface area (Å²) in [6.07, 6.45) is 4.03. The first-order valence-electron chi connectivity index (χ1n) is 4.38. The van der Waals surface area contributed by atoms with Gasteiger partial charge in [0.15, 0.2) is 0 Å². The molecule has 0 unspecified atom stereocenters. The summed E-state index contributed by atoms with van der Waals surface area (Å²) < 4.78 is 12.7.